The number of aliphatic hydroxyl groups excluding tert-OH is 1. The van der Waals surface area contributed by atoms with E-state index in [4.69, 9.17) is 0 Å². The van der Waals surface area contributed by atoms with Gasteiger partial charge >= 0.3 is 0 Å². The second-order valence-corrected chi connectivity index (χ2v) is 11.1. The number of fused-ring (bicyclic) bond motifs is 2. The van der Waals surface area contributed by atoms with E-state index in [9.17, 15) is 9.90 Å². The number of carbonyl (C=O) groups excluding carboxylic acids is 1. The molecule has 1 saturated heterocycles. The number of amides is 1. The SMILES string of the molecule is Cc1ccc2c(c1)NC(C)([C@H]1CCN(C[C@H]3Cc4ccc(NC(=O)C(C)C)cc4C3)C[C@@H]1O)N2. The molecule has 3 aliphatic rings. The van der Waals surface area contributed by atoms with Crippen LogP contribution in [0.5, 0.6) is 0 Å². The Hall–Kier alpha value is -2.57. The average Bonchev–Trinajstić information content (AvgIpc) is 3.32. The highest BCUT2D eigenvalue weighted by Crippen LogP contribution is 2.41. The first-order valence-electron chi connectivity index (χ1n) is 12.7. The van der Waals surface area contributed by atoms with Crippen LogP contribution in [0.25, 0.3) is 0 Å². The minimum Gasteiger partial charge on any atom is -0.391 e. The van der Waals surface area contributed by atoms with Crippen LogP contribution in [0.2, 0.25) is 0 Å². The molecule has 0 radical (unpaired) electrons. The van der Waals surface area contributed by atoms with Crippen molar-refractivity contribution in [1.29, 1.82) is 0 Å². The summed E-state index contributed by atoms with van der Waals surface area (Å²) < 4.78 is 0. The molecule has 182 valence electrons. The zero-order chi connectivity index (χ0) is 24.0. The van der Waals surface area contributed by atoms with Gasteiger partial charge in [0.2, 0.25) is 5.91 Å². The van der Waals surface area contributed by atoms with Gasteiger partial charge in [-0.3, -0.25) is 4.79 Å². The van der Waals surface area contributed by atoms with Crippen LogP contribution in [0, 0.1) is 24.7 Å². The Morgan fingerprint density at radius 3 is 2.68 bits per heavy atom. The Kier molecular flexibility index (Phi) is 6.07. The molecule has 4 atom stereocenters. The highest BCUT2D eigenvalue weighted by Gasteiger charge is 2.45. The Bertz CT molecular complexity index is 1080. The average molecular weight is 463 g/mol. The van der Waals surface area contributed by atoms with E-state index in [0.717, 1.165) is 49.4 Å². The lowest BCUT2D eigenvalue weighted by Crippen LogP contribution is -2.57. The van der Waals surface area contributed by atoms with Crippen molar-refractivity contribution in [3.05, 3.63) is 53.1 Å². The molecule has 2 aromatic carbocycles. The zero-order valence-corrected chi connectivity index (χ0v) is 20.8. The van der Waals surface area contributed by atoms with Crippen molar-refractivity contribution in [2.24, 2.45) is 17.8 Å². The molecule has 5 rings (SSSR count). The third kappa shape index (κ3) is 4.53. The molecule has 6 nitrogen and oxygen atoms in total. The number of nitrogens with zero attached hydrogens (tertiary/aromatic N) is 1. The fraction of sp³-hybridized carbons (Fsp3) is 0.536. The van der Waals surface area contributed by atoms with E-state index >= 15 is 0 Å². The van der Waals surface area contributed by atoms with Crippen molar-refractivity contribution in [1.82, 2.24) is 4.90 Å². The lowest BCUT2D eigenvalue weighted by molar-refractivity contribution is -0.118. The van der Waals surface area contributed by atoms with Crippen LogP contribution in [0.3, 0.4) is 0 Å². The fourth-order valence-corrected chi connectivity index (χ4v) is 6.05. The van der Waals surface area contributed by atoms with Gasteiger partial charge in [-0.15, -0.1) is 0 Å². The van der Waals surface area contributed by atoms with Crippen molar-refractivity contribution in [3.8, 4) is 0 Å². The third-order valence-electron chi connectivity index (χ3n) is 7.90. The number of anilines is 3. The summed E-state index contributed by atoms with van der Waals surface area (Å²) in [6.07, 6.45) is 2.68. The van der Waals surface area contributed by atoms with Crippen LogP contribution >= 0.6 is 0 Å². The Balaban J connectivity index is 1.16. The molecule has 2 aliphatic heterocycles. The minimum absolute atomic E-state index is 0.0227. The molecular formula is C28H38N4O2. The molecule has 0 spiro atoms. The molecule has 4 N–H and O–H groups in total. The molecule has 1 amide bonds. The van der Waals surface area contributed by atoms with E-state index < -0.39 is 0 Å². The number of hydrogen-bond donors (Lipinski definition) is 4. The van der Waals surface area contributed by atoms with Crippen LogP contribution in [0.15, 0.2) is 36.4 Å². The van der Waals surface area contributed by atoms with Gasteiger partial charge in [-0.25, -0.2) is 0 Å². The first kappa shape index (κ1) is 23.2. The smallest absolute Gasteiger partial charge is 0.226 e. The predicted octanol–water partition coefficient (Wildman–Crippen LogP) is 4.24. The standard InChI is InChI=1S/C28H38N4O2/c1-17(2)27(34)29-22-7-6-20-12-19(13-21(20)14-22)15-32-10-9-23(26(33)16-32)28(4)30-24-8-5-18(3)11-25(24)31-28/h5-8,11,14,17,19,23,26,30-31,33H,9-10,12-13,15-16H2,1-4H3,(H,29,34)/t19-,23-,26-,28?/m0/s1. The van der Waals surface area contributed by atoms with Crippen LogP contribution in [-0.2, 0) is 17.6 Å². The van der Waals surface area contributed by atoms with Gasteiger partial charge in [-0.2, -0.15) is 0 Å². The normalized spacial score (nSPS) is 28.2. The summed E-state index contributed by atoms with van der Waals surface area (Å²) >= 11 is 0. The molecule has 2 heterocycles. The fourth-order valence-electron chi connectivity index (χ4n) is 6.05. The number of carbonyl (C=O) groups is 1. The highest BCUT2D eigenvalue weighted by molar-refractivity contribution is 5.92. The number of β-amino-alcohol motifs (C(OH)–C–C–N with tert-alkyl or cyclic N) is 1. The summed E-state index contributed by atoms with van der Waals surface area (Å²) in [5, 5.41) is 21.5. The Morgan fingerprint density at radius 2 is 1.91 bits per heavy atom. The number of likely N-dealkylation sites (tertiary alicyclic amines) is 1. The molecule has 6 heteroatoms. The van der Waals surface area contributed by atoms with Gasteiger partial charge in [0.15, 0.2) is 0 Å². The van der Waals surface area contributed by atoms with E-state index in [0.29, 0.717) is 12.5 Å². The molecule has 1 unspecified atom stereocenters. The van der Waals surface area contributed by atoms with Crippen LogP contribution in [0.4, 0.5) is 17.1 Å². The van der Waals surface area contributed by atoms with Crippen LogP contribution < -0.4 is 16.0 Å². The monoisotopic (exact) mass is 462 g/mol. The lowest BCUT2D eigenvalue weighted by atomic mass is 9.83. The predicted molar refractivity (Wildman–Crippen MR) is 138 cm³/mol. The molecule has 0 saturated carbocycles. The van der Waals surface area contributed by atoms with E-state index in [1.807, 2.05) is 19.9 Å². The van der Waals surface area contributed by atoms with Crippen molar-refractivity contribution in [2.75, 3.05) is 35.6 Å². The van der Waals surface area contributed by atoms with Gasteiger partial charge in [0, 0.05) is 30.6 Å². The summed E-state index contributed by atoms with van der Waals surface area (Å²) in [6.45, 7) is 10.8. The summed E-state index contributed by atoms with van der Waals surface area (Å²) in [4.78, 5) is 14.5. The maximum atomic E-state index is 12.0. The van der Waals surface area contributed by atoms with Crippen molar-refractivity contribution in [2.45, 2.75) is 58.7 Å². The van der Waals surface area contributed by atoms with Gasteiger partial charge in [-0.1, -0.05) is 26.0 Å². The molecule has 1 fully saturated rings. The second-order valence-electron chi connectivity index (χ2n) is 11.1. The number of hydrogen-bond acceptors (Lipinski definition) is 5. The molecule has 0 aromatic heterocycles. The topological polar surface area (TPSA) is 76.6 Å². The number of aryl methyl sites for hydroxylation is 1. The van der Waals surface area contributed by atoms with Gasteiger partial charge < -0.3 is 26.0 Å². The first-order valence-corrected chi connectivity index (χ1v) is 12.7. The largest absolute Gasteiger partial charge is 0.391 e. The summed E-state index contributed by atoms with van der Waals surface area (Å²) in [7, 11) is 0. The minimum atomic E-state index is -0.379. The molecule has 2 aromatic rings. The first-order chi connectivity index (χ1) is 16.2. The van der Waals surface area contributed by atoms with E-state index in [-0.39, 0.29) is 29.5 Å². The lowest BCUT2D eigenvalue weighted by Gasteiger charge is -2.44. The number of rotatable bonds is 5. The quantitative estimate of drug-likeness (QED) is 0.535. The van der Waals surface area contributed by atoms with E-state index in [2.05, 4.69) is 65.0 Å². The molecule has 1 aliphatic carbocycles. The second kappa shape index (κ2) is 8.90. The van der Waals surface area contributed by atoms with E-state index in [1.165, 1.54) is 16.7 Å². The highest BCUT2D eigenvalue weighted by atomic mass is 16.3. The summed E-state index contributed by atoms with van der Waals surface area (Å²) in [5.74, 6) is 0.736. The van der Waals surface area contributed by atoms with Crippen molar-refractivity contribution < 1.29 is 9.90 Å². The third-order valence-corrected chi connectivity index (χ3v) is 7.90. The van der Waals surface area contributed by atoms with Gasteiger partial charge in [0.05, 0.1) is 17.5 Å². The van der Waals surface area contributed by atoms with Crippen molar-refractivity contribution >= 4 is 23.0 Å². The van der Waals surface area contributed by atoms with Crippen LogP contribution in [0.1, 0.15) is 43.9 Å². The summed E-state index contributed by atoms with van der Waals surface area (Å²) in [5.41, 5.74) is 6.79. The molecule has 0 bridgehead atoms. The molecular weight excluding hydrogens is 424 g/mol. The Labute approximate surface area is 203 Å². The maximum absolute atomic E-state index is 12.0. The maximum Gasteiger partial charge on any atom is 0.226 e. The number of piperidine rings is 1. The van der Waals surface area contributed by atoms with Gasteiger partial charge in [0.25, 0.3) is 0 Å². The van der Waals surface area contributed by atoms with E-state index in [1.54, 1.807) is 0 Å². The number of aliphatic hydroxyl groups is 1. The van der Waals surface area contributed by atoms with Gasteiger partial charge in [-0.05, 0) is 86.5 Å². The van der Waals surface area contributed by atoms with Crippen LogP contribution in [-0.4, -0.2) is 47.3 Å². The number of nitrogens with one attached hydrogen (secondary N) is 3. The van der Waals surface area contributed by atoms with Gasteiger partial charge in [0.1, 0.15) is 5.66 Å². The van der Waals surface area contributed by atoms with Crippen molar-refractivity contribution in [3.63, 3.8) is 0 Å². The Morgan fingerprint density at radius 1 is 1.15 bits per heavy atom. The molecule has 34 heavy (non-hydrogen) atoms. The zero-order valence-electron chi connectivity index (χ0n) is 20.8. The summed E-state index contributed by atoms with van der Waals surface area (Å²) in [6, 6.07) is 12.8. The number of benzene rings is 2.